The zero-order chi connectivity index (χ0) is 12.1. The number of hydrogen-bond donors (Lipinski definition) is 1. The highest BCUT2D eigenvalue weighted by atomic mass is 35.5. The number of ether oxygens (including phenoxy) is 1. The smallest absolute Gasteiger partial charge is 0.120 e. The van der Waals surface area contributed by atoms with Crippen LogP contribution in [0.2, 0.25) is 5.02 Å². The lowest BCUT2D eigenvalue weighted by Crippen LogP contribution is -2.37. The predicted molar refractivity (Wildman–Crippen MR) is 75.0 cm³/mol. The van der Waals surface area contributed by atoms with Crippen LogP contribution in [0, 0.1) is 5.92 Å². The molecule has 1 heterocycles. The summed E-state index contributed by atoms with van der Waals surface area (Å²) in [5.41, 5.74) is 6.17. The molecule has 1 fully saturated rings. The van der Waals surface area contributed by atoms with Gasteiger partial charge in [-0.3, -0.25) is 0 Å². The number of rotatable bonds is 4. The molecule has 1 saturated heterocycles. The van der Waals surface area contributed by atoms with Gasteiger partial charge in [-0.15, -0.1) is 0 Å². The zero-order valence-electron chi connectivity index (χ0n) is 9.77. The van der Waals surface area contributed by atoms with Gasteiger partial charge in [-0.25, -0.2) is 0 Å². The minimum Gasteiger partial charge on any atom is -0.492 e. The summed E-state index contributed by atoms with van der Waals surface area (Å²) in [6.45, 7) is 0.579. The van der Waals surface area contributed by atoms with Crippen molar-refractivity contribution in [3.05, 3.63) is 29.3 Å². The van der Waals surface area contributed by atoms with Gasteiger partial charge in [0.1, 0.15) is 12.4 Å². The Bertz CT molecular complexity index is 355. The summed E-state index contributed by atoms with van der Waals surface area (Å²) >= 11 is 7.91. The third-order valence-electron chi connectivity index (χ3n) is 3.11. The fraction of sp³-hybridized carbons (Fsp3) is 0.538. The first kappa shape index (κ1) is 13.1. The summed E-state index contributed by atoms with van der Waals surface area (Å²) in [5.74, 6) is 3.87. The van der Waals surface area contributed by atoms with Crippen molar-refractivity contribution in [1.29, 1.82) is 0 Å². The Morgan fingerprint density at radius 2 is 2.18 bits per heavy atom. The van der Waals surface area contributed by atoms with Crippen LogP contribution in [0.3, 0.4) is 0 Å². The van der Waals surface area contributed by atoms with Crippen LogP contribution in [0.5, 0.6) is 5.75 Å². The molecule has 1 unspecified atom stereocenters. The van der Waals surface area contributed by atoms with E-state index in [4.69, 9.17) is 22.1 Å². The van der Waals surface area contributed by atoms with E-state index in [0.717, 1.165) is 5.75 Å². The van der Waals surface area contributed by atoms with E-state index in [1.165, 1.54) is 24.3 Å². The second-order valence-electron chi connectivity index (χ2n) is 4.38. The van der Waals surface area contributed by atoms with Gasteiger partial charge in [0, 0.05) is 11.1 Å². The Morgan fingerprint density at radius 1 is 1.41 bits per heavy atom. The van der Waals surface area contributed by atoms with Crippen LogP contribution in [0.15, 0.2) is 24.3 Å². The first-order valence-electron chi connectivity index (χ1n) is 5.97. The molecule has 4 heteroatoms. The molecule has 1 aliphatic rings. The number of benzene rings is 1. The number of hydrogen-bond acceptors (Lipinski definition) is 3. The van der Waals surface area contributed by atoms with Crippen LogP contribution in [0.4, 0.5) is 0 Å². The molecule has 0 spiro atoms. The molecule has 1 aromatic carbocycles. The second kappa shape index (κ2) is 6.53. The highest BCUT2D eigenvalue weighted by Gasteiger charge is 2.21. The Kier molecular flexibility index (Phi) is 5.01. The molecule has 1 aliphatic heterocycles. The summed E-state index contributed by atoms with van der Waals surface area (Å²) in [6, 6.07) is 7.60. The van der Waals surface area contributed by atoms with Crippen LogP contribution in [-0.4, -0.2) is 24.2 Å². The first-order chi connectivity index (χ1) is 8.25. The lowest BCUT2D eigenvalue weighted by Gasteiger charge is -2.27. The predicted octanol–water partition coefficient (Wildman–Crippen LogP) is 3.19. The van der Waals surface area contributed by atoms with Crippen LogP contribution in [0.1, 0.15) is 12.8 Å². The Morgan fingerprint density at radius 3 is 2.88 bits per heavy atom. The molecule has 2 rings (SSSR count). The van der Waals surface area contributed by atoms with Crippen molar-refractivity contribution in [3.63, 3.8) is 0 Å². The third-order valence-corrected chi connectivity index (χ3v) is 4.39. The molecule has 2 N–H and O–H groups in total. The van der Waals surface area contributed by atoms with E-state index in [9.17, 15) is 0 Å². The molecule has 1 atom stereocenters. The lowest BCUT2D eigenvalue weighted by atomic mass is 9.95. The van der Waals surface area contributed by atoms with Crippen molar-refractivity contribution in [3.8, 4) is 5.75 Å². The van der Waals surface area contributed by atoms with Gasteiger partial charge in [0.15, 0.2) is 0 Å². The van der Waals surface area contributed by atoms with Crippen molar-refractivity contribution < 1.29 is 4.74 Å². The maximum atomic E-state index is 6.17. The SMILES string of the molecule is NC(COc1cccc(Cl)c1)C1CCSCC1. The largest absolute Gasteiger partial charge is 0.492 e. The van der Waals surface area contributed by atoms with Crippen molar-refractivity contribution in [2.75, 3.05) is 18.1 Å². The van der Waals surface area contributed by atoms with Gasteiger partial charge < -0.3 is 10.5 Å². The normalized spacial score (nSPS) is 18.9. The van der Waals surface area contributed by atoms with Crippen molar-refractivity contribution in [2.45, 2.75) is 18.9 Å². The quantitative estimate of drug-likeness (QED) is 0.913. The molecule has 94 valence electrons. The van der Waals surface area contributed by atoms with E-state index in [1.54, 1.807) is 0 Å². The van der Waals surface area contributed by atoms with Gasteiger partial charge in [0.25, 0.3) is 0 Å². The second-order valence-corrected chi connectivity index (χ2v) is 6.04. The van der Waals surface area contributed by atoms with Crippen molar-refractivity contribution in [1.82, 2.24) is 0 Å². The molecule has 17 heavy (non-hydrogen) atoms. The van der Waals surface area contributed by atoms with Gasteiger partial charge in [-0.2, -0.15) is 11.8 Å². The van der Waals surface area contributed by atoms with Crippen molar-refractivity contribution in [2.24, 2.45) is 11.7 Å². The fourth-order valence-corrected chi connectivity index (χ4v) is 3.35. The maximum absolute atomic E-state index is 6.17. The molecule has 0 saturated carbocycles. The molecule has 2 nitrogen and oxygen atoms in total. The molecule has 0 bridgehead atoms. The summed E-state index contributed by atoms with van der Waals surface area (Å²) in [5, 5.41) is 0.699. The van der Waals surface area contributed by atoms with Crippen LogP contribution in [-0.2, 0) is 0 Å². The number of halogens is 1. The molecular weight excluding hydrogens is 254 g/mol. The first-order valence-corrected chi connectivity index (χ1v) is 7.50. The third kappa shape index (κ3) is 4.09. The topological polar surface area (TPSA) is 35.2 Å². The van der Waals surface area contributed by atoms with Crippen LogP contribution >= 0.6 is 23.4 Å². The Labute approximate surface area is 112 Å². The fourth-order valence-electron chi connectivity index (χ4n) is 2.03. The number of nitrogens with two attached hydrogens (primary N) is 1. The standard InChI is InChI=1S/C13H18ClNOS/c14-11-2-1-3-12(8-11)16-9-13(15)10-4-6-17-7-5-10/h1-3,8,10,13H,4-7,9,15H2. The van der Waals surface area contributed by atoms with Gasteiger partial charge >= 0.3 is 0 Å². The van der Waals surface area contributed by atoms with E-state index < -0.39 is 0 Å². The minimum absolute atomic E-state index is 0.134. The average Bonchev–Trinajstić information content (AvgIpc) is 2.37. The van der Waals surface area contributed by atoms with Crippen LogP contribution < -0.4 is 10.5 Å². The van der Waals surface area contributed by atoms with E-state index in [2.05, 4.69) is 0 Å². The lowest BCUT2D eigenvalue weighted by molar-refractivity contribution is 0.239. The highest BCUT2D eigenvalue weighted by molar-refractivity contribution is 7.99. The molecule has 0 radical (unpaired) electrons. The minimum atomic E-state index is 0.134. The molecule has 1 aromatic rings. The van der Waals surface area contributed by atoms with E-state index in [-0.39, 0.29) is 6.04 Å². The van der Waals surface area contributed by atoms with Gasteiger partial charge in [0.2, 0.25) is 0 Å². The highest BCUT2D eigenvalue weighted by Crippen LogP contribution is 2.25. The summed E-state index contributed by atoms with van der Waals surface area (Å²) in [6.07, 6.45) is 2.43. The Hall–Kier alpha value is -0.380. The average molecular weight is 272 g/mol. The summed E-state index contributed by atoms with van der Waals surface area (Å²) < 4.78 is 5.69. The summed E-state index contributed by atoms with van der Waals surface area (Å²) in [4.78, 5) is 0. The van der Waals surface area contributed by atoms with E-state index in [1.807, 2.05) is 36.0 Å². The van der Waals surface area contributed by atoms with E-state index in [0.29, 0.717) is 17.5 Å². The molecule has 0 aromatic heterocycles. The zero-order valence-corrected chi connectivity index (χ0v) is 11.3. The monoisotopic (exact) mass is 271 g/mol. The van der Waals surface area contributed by atoms with Gasteiger partial charge in [-0.05, 0) is 48.5 Å². The molecule has 0 aliphatic carbocycles. The molecular formula is C13H18ClNOS. The molecule has 0 amide bonds. The van der Waals surface area contributed by atoms with Crippen LogP contribution in [0.25, 0.3) is 0 Å². The van der Waals surface area contributed by atoms with Gasteiger partial charge in [-0.1, -0.05) is 17.7 Å². The van der Waals surface area contributed by atoms with Crippen molar-refractivity contribution >= 4 is 23.4 Å². The number of thioether (sulfide) groups is 1. The van der Waals surface area contributed by atoms with E-state index >= 15 is 0 Å². The van der Waals surface area contributed by atoms with Gasteiger partial charge in [0.05, 0.1) is 0 Å². The summed E-state index contributed by atoms with van der Waals surface area (Å²) in [7, 11) is 0. The maximum Gasteiger partial charge on any atom is 0.120 e. The Balaban J connectivity index is 1.80.